The van der Waals surface area contributed by atoms with E-state index in [1.54, 1.807) is 0 Å². The Labute approximate surface area is 108 Å². The molecule has 0 bridgehead atoms. The monoisotopic (exact) mass is 248 g/mol. The van der Waals surface area contributed by atoms with Crippen molar-refractivity contribution < 1.29 is 14.3 Å². The molecule has 4 rings (SSSR count). The average Bonchev–Trinajstić information content (AvgIpc) is 2.84. The summed E-state index contributed by atoms with van der Waals surface area (Å²) in [4.78, 5) is 11.7. The molecule has 4 fully saturated rings. The summed E-state index contributed by atoms with van der Waals surface area (Å²) in [5, 5.41) is 0. The van der Waals surface area contributed by atoms with Crippen LogP contribution in [0.3, 0.4) is 0 Å². The summed E-state index contributed by atoms with van der Waals surface area (Å²) >= 11 is 0. The second-order valence-electron chi connectivity index (χ2n) is 6.76. The predicted octanol–water partition coefficient (Wildman–Crippen LogP) is 2.31. The van der Waals surface area contributed by atoms with E-state index in [4.69, 9.17) is 9.47 Å². The highest BCUT2D eigenvalue weighted by Crippen LogP contribution is 2.62. The molecule has 0 aromatic carbocycles. The maximum absolute atomic E-state index is 11.7. The van der Waals surface area contributed by atoms with Crippen molar-refractivity contribution in [1.82, 2.24) is 0 Å². The summed E-state index contributed by atoms with van der Waals surface area (Å²) in [7, 11) is 0. The van der Waals surface area contributed by atoms with Crippen molar-refractivity contribution in [3.8, 4) is 0 Å². The van der Waals surface area contributed by atoms with Crippen molar-refractivity contribution in [2.75, 3.05) is 0 Å². The molecule has 4 aliphatic rings. The van der Waals surface area contributed by atoms with Gasteiger partial charge >= 0.3 is 5.97 Å². The third kappa shape index (κ3) is 1.21. The van der Waals surface area contributed by atoms with E-state index in [2.05, 4.69) is 13.5 Å². The fourth-order valence-electron chi connectivity index (χ4n) is 4.62. The van der Waals surface area contributed by atoms with Crippen molar-refractivity contribution in [2.24, 2.45) is 23.7 Å². The van der Waals surface area contributed by atoms with Crippen LogP contribution in [0.1, 0.15) is 33.1 Å². The summed E-state index contributed by atoms with van der Waals surface area (Å²) < 4.78 is 11.4. The lowest BCUT2D eigenvalue weighted by Gasteiger charge is -2.26. The Kier molecular flexibility index (Phi) is 1.95. The highest BCUT2D eigenvalue weighted by molar-refractivity contribution is 5.75. The van der Waals surface area contributed by atoms with E-state index >= 15 is 0 Å². The number of esters is 1. The zero-order valence-electron chi connectivity index (χ0n) is 11.0. The molecule has 0 N–H and O–H groups in total. The van der Waals surface area contributed by atoms with Gasteiger partial charge in [0.15, 0.2) is 0 Å². The van der Waals surface area contributed by atoms with Crippen LogP contribution >= 0.6 is 0 Å². The van der Waals surface area contributed by atoms with Crippen LogP contribution in [0.15, 0.2) is 12.2 Å². The largest absolute Gasteiger partial charge is 0.461 e. The minimum atomic E-state index is -0.0207. The van der Waals surface area contributed by atoms with Gasteiger partial charge in [-0.25, -0.2) is 0 Å². The van der Waals surface area contributed by atoms with E-state index in [0.29, 0.717) is 23.9 Å². The van der Waals surface area contributed by atoms with Crippen LogP contribution in [-0.4, -0.2) is 23.8 Å². The molecule has 18 heavy (non-hydrogen) atoms. The maximum Gasteiger partial charge on any atom is 0.309 e. The number of ether oxygens (including phenoxy) is 2. The zero-order valence-corrected chi connectivity index (χ0v) is 11.0. The number of fused-ring (bicyclic) bond motifs is 4. The second kappa shape index (κ2) is 3.19. The summed E-state index contributed by atoms with van der Waals surface area (Å²) in [5.41, 5.74) is 1.35. The van der Waals surface area contributed by atoms with Crippen LogP contribution in [0.5, 0.6) is 0 Å². The first-order chi connectivity index (χ1) is 8.50. The van der Waals surface area contributed by atoms with Crippen LogP contribution in [0.4, 0.5) is 0 Å². The number of hydrogen-bond donors (Lipinski definition) is 0. The Morgan fingerprint density at radius 3 is 2.94 bits per heavy atom. The number of epoxide rings is 1. The molecular weight excluding hydrogens is 228 g/mol. The van der Waals surface area contributed by atoms with E-state index in [9.17, 15) is 4.79 Å². The maximum atomic E-state index is 11.7. The molecule has 0 amide bonds. The van der Waals surface area contributed by atoms with Gasteiger partial charge < -0.3 is 9.47 Å². The van der Waals surface area contributed by atoms with Gasteiger partial charge in [0.25, 0.3) is 0 Å². The molecule has 2 aliphatic heterocycles. The first-order valence-electron chi connectivity index (χ1n) is 7.06. The molecule has 0 radical (unpaired) electrons. The molecule has 98 valence electrons. The van der Waals surface area contributed by atoms with Crippen molar-refractivity contribution in [3.05, 3.63) is 12.2 Å². The average molecular weight is 248 g/mol. The third-order valence-corrected chi connectivity index (χ3v) is 5.94. The Morgan fingerprint density at radius 1 is 1.39 bits per heavy atom. The van der Waals surface area contributed by atoms with Gasteiger partial charge in [0.1, 0.15) is 6.10 Å². The molecule has 0 aromatic heterocycles. The van der Waals surface area contributed by atoms with Gasteiger partial charge in [-0.15, -0.1) is 0 Å². The van der Waals surface area contributed by atoms with Crippen LogP contribution in [0.25, 0.3) is 0 Å². The van der Waals surface area contributed by atoms with Crippen molar-refractivity contribution >= 4 is 5.97 Å². The molecule has 0 aromatic rings. The standard InChI is InChI=1S/C15H20O3/c1-7-4-12-10(8(2)14(16)17-12)5-11-9(7)6-13-15(11,3)18-13/h8-13H,1,4-6H2,2-3H3/t8-,9-,10+,11+,12-,13+,15-/m0/s1. The third-order valence-electron chi connectivity index (χ3n) is 5.94. The Hall–Kier alpha value is -0.830. The lowest BCUT2D eigenvalue weighted by atomic mass is 9.78. The van der Waals surface area contributed by atoms with Crippen molar-refractivity contribution in [1.29, 1.82) is 0 Å². The van der Waals surface area contributed by atoms with E-state index in [-0.39, 0.29) is 23.6 Å². The Bertz CT molecular complexity index is 443. The molecule has 2 heterocycles. The number of hydrogen-bond acceptors (Lipinski definition) is 3. The Balaban J connectivity index is 1.68. The molecule has 7 atom stereocenters. The lowest BCUT2D eigenvalue weighted by molar-refractivity contribution is -0.143. The number of carbonyl (C=O) groups excluding carboxylic acids is 1. The molecule has 3 nitrogen and oxygen atoms in total. The van der Waals surface area contributed by atoms with Gasteiger partial charge in [-0.3, -0.25) is 4.79 Å². The fraction of sp³-hybridized carbons (Fsp3) is 0.800. The Morgan fingerprint density at radius 2 is 2.17 bits per heavy atom. The van der Waals surface area contributed by atoms with Gasteiger partial charge in [-0.1, -0.05) is 19.1 Å². The normalized spacial score (nSPS) is 57.4. The van der Waals surface area contributed by atoms with Crippen LogP contribution in [-0.2, 0) is 14.3 Å². The van der Waals surface area contributed by atoms with Gasteiger partial charge in [-0.2, -0.15) is 0 Å². The molecule has 2 aliphatic carbocycles. The molecule has 0 unspecified atom stereocenters. The highest BCUT2D eigenvalue weighted by atomic mass is 16.6. The summed E-state index contributed by atoms with van der Waals surface area (Å²) in [6, 6.07) is 0. The minimum Gasteiger partial charge on any atom is -0.461 e. The van der Waals surface area contributed by atoms with Gasteiger partial charge in [0, 0.05) is 12.3 Å². The van der Waals surface area contributed by atoms with Crippen LogP contribution < -0.4 is 0 Å². The molecule has 2 saturated carbocycles. The quantitative estimate of drug-likeness (QED) is 0.375. The molecule has 3 heteroatoms. The summed E-state index contributed by atoms with van der Waals surface area (Å²) in [6.07, 6.45) is 3.57. The van der Waals surface area contributed by atoms with E-state index in [1.807, 2.05) is 6.92 Å². The van der Waals surface area contributed by atoms with Gasteiger partial charge in [0.05, 0.1) is 17.6 Å². The molecule has 2 saturated heterocycles. The number of carbonyl (C=O) groups is 1. The van der Waals surface area contributed by atoms with Crippen molar-refractivity contribution in [2.45, 2.75) is 50.9 Å². The van der Waals surface area contributed by atoms with Gasteiger partial charge in [0.2, 0.25) is 0 Å². The van der Waals surface area contributed by atoms with E-state index < -0.39 is 0 Å². The number of rotatable bonds is 0. The first kappa shape index (κ1) is 11.0. The van der Waals surface area contributed by atoms with Crippen LogP contribution in [0, 0.1) is 23.7 Å². The smallest absolute Gasteiger partial charge is 0.309 e. The first-order valence-corrected chi connectivity index (χ1v) is 7.06. The van der Waals surface area contributed by atoms with Gasteiger partial charge in [-0.05, 0) is 31.6 Å². The topological polar surface area (TPSA) is 38.8 Å². The lowest BCUT2D eigenvalue weighted by Crippen LogP contribution is -2.27. The predicted molar refractivity (Wildman–Crippen MR) is 65.8 cm³/mol. The zero-order chi connectivity index (χ0) is 12.7. The highest BCUT2D eigenvalue weighted by Gasteiger charge is 2.67. The van der Waals surface area contributed by atoms with E-state index in [0.717, 1.165) is 19.3 Å². The fourth-order valence-corrected chi connectivity index (χ4v) is 4.62. The van der Waals surface area contributed by atoms with Crippen molar-refractivity contribution in [3.63, 3.8) is 0 Å². The minimum absolute atomic E-state index is 0.0207. The summed E-state index contributed by atoms with van der Waals surface area (Å²) in [5.74, 6) is 1.52. The SMILES string of the molecule is C=C1C[C@@H]2OC(=O)[C@@H](C)[C@H]2C[C@@H]2[C@H]1C[C@H]1O[C@@]21C. The van der Waals surface area contributed by atoms with Crippen LogP contribution in [0.2, 0.25) is 0 Å². The molecular formula is C15H20O3. The molecule has 0 spiro atoms. The second-order valence-corrected chi connectivity index (χ2v) is 6.76. The summed E-state index contributed by atoms with van der Waals surface area (Å²) in [6.45, 7) is 8.51. The van der Waals surface area contributed by atoms with E-state index in [1.165, 1.54) is 5.57 Å².